The van der Waals surface area contributed by atoms with Crippen molar-refractivity contribution in [2.45, 2.75) is 38.8 Å². The second-order valence-electron chi connectivity index (χ2n) is 4.45. The highest BCUT2D eigenvalue weighted by Crippen LogP contribution is 2.23. The molecule has 1 N–H and O–H groups in total. The Labute approximate surface area is 103 Å². The van der Waals surface area contributed by atoms with Crippen LogP contribution in [0.25, 0.3) is 0 Å². The highest BCUT2D eigenvalue weighted by molar-refractivity contribution is 5.75. The van der Waals surface area contributed by atoms with Gasteiger partial charge in [-0.05, 0) is 26.0 Å². The van der Waals surface area contributed by atoms with Crippen molar-refractivity contribution >= 4 is 5.97 Å². The maximum Gasteiger partial charge on any atom is 0.325 e. The lowest BCUT2D eigenvalue weighted by molar-refractivity contribution is -0.143. The van der Waals surface area contributed by atoms with Gasteiger partial charge in [0.25, 0.3) is 0 Å². The lowest BCUT2D eigenvalue weighted by Gasteiger charge is -2.30. The van der Waals surface area contributed by atoms with Gasteiger partial charge in [-0.3, -0.25) is 9.69 Å². The molecule has 0 aliphatic heterocycles. The van der Waals surface area contributed by atoms with Crippen LogP contribution in [0.1, 0.15) is 38.3 Å². The van der Waals surface area contributed by atoms with E-state index in [0.717, 1.165) is 18.4 Å². The van der Waals surface area contributed by atoms with E-state index in [1.807, 2.05) is 42.3 Å². The van der Waals surface area contributed by atoms with Crippen molar-refractivity contribution in [3.63, 3.8) is 0 Å². The molecule has 0 saturated heterocycles. The number of benzene rings is 1. The van der Waals surface area contributed by atoms with Gasteiger partial charge >= 0.3 is 5.97 Å². The number of rotatable bonds is 6. The summed E-state index contributed by atoms with van der Waals surface area (Å²) in [6, 6.07) is 9.10. The van der Waals surface area contributed by atoms with Gasteiger partial charge in [-0.25, -0.2) is 0 Å². The molecule has 1 aromatic carbocycles. The van der Waals surface area contributed by atoms with Gasteiger partial charge < -0.3 is 5.11 Å². The largest absolute Gasteiger partial charge is 0.480 e. The molecule has 17 heavy (non-hydrogen) atoms. The van der Waals surface area contributed by atoms with Crippen LogP contribution in [-0.4, -0.2) is 29.1 Å². The first kappa shape index (κ1) is 13.7. The summed E-state index contributed by atoms with van der Waals surface area (Å²) in [7, 11) is 1.88. The number of carboxylic acid groups (broad SMARTS) is 1. The summed E-state index contributed by atoms with van der Waals surface area (Å²) in [6.45, 7) is 4.19. The highest BCUT2D eigenvalue weighted by atomic mass is 16.4. The fraction of sp³-hybridized carbons (Fsp3) is 0.500. The molecule has 0 aliphatic rings. The number of hydrogen-bond donors (Lipinski definition) is 1. The Balaban J connectivity index is 2.90. The first-order chi connectivity index (χ1) is 8.07. The summed E-state index contributed by atoms with van der Waals surface area (Å²) in [5.74, 6) is -0.790. The highest BCUT2D eigenvalue weighted by Gasteiger charge is 2.27. The second-order valence-corrected chi connectivity index (χ2v) is 4.45. The van der Waals surface area contributed by atoms with E-state index in [4.69, 9.17) is 0 Å². The summed E-state index contributed by atoms with van der Waals surface area (Å²) in [5.41, 5.74) is 0.838. The first-order valence-corrected chi connectivity index (χ1v) is 6.07. The van der Waals surface area contributed by atoms with E-state index in [9.17, 15) is 9.90 Å². The zero-order valence-corrected chi connectivity index (χ0v) is 10.8. The molecule has 0 aromatic heterocycles. The van der Waals surface area contributed by atoms with Gasteiger partial charge in [0.05, 0.1) is 0 Å². The van der Waals surface area contributed by atoms with E-state index in [1.54, 1.807) is 0 Å². The Morgan fingerprint density at radius 1 is 1.35 bits per heavy atom. The molecule has 0 amide bonds. The SMILES string of the molecule is CCCC(C)N(C)C(C(=O)O)c1ccccc1. The van der Waals surface area contributed by atoms with E-state index in [1.165, 1.54) is 0 Å². The molecule has 0 saturated carbocycles. The average Bonchev–Trinajstić information content (AvgIpc) is 2.30. The van der Waals surface area contributed by atoms with Gasteiger partial charge in [-0.1, -0.05) is 43.7 Å². The van der Waals surface area contributed by atoms with Crippen molar-refractivity contribution in [3.05, 3.63) is 35.9 Å². The van der Waals surface area contributed by atoms with Crippen LogP contribution in [-0.2, 0) is 4.79 Å². The summed E-state index contributed by atoms with van der Waals surface area (Å²) < 4.78 is 0. The topological polar surface area (TPSA) is 40.5 Å². The number of nitrogens with zero attached hydrogens (tertiary/aromatic N) is 1. The lowest BCUT2D eigenvalue weighted by Crippen LogP contribution is -2.37. The van der Waals surface area contributed by atoms with Gasteiger partial charge in [0.15, 0.2) is 0 Å². The van der Waals surface area contributed by atoms with Gasteiger partial charge in [0.1, 0.15) is 6.04 Å². The van der Waals surface area contributed by atoms with E-state index in [0.29, 0.717) is 0 Å². The molecule has 3 nitrogen and oxygen atoms in total. The normalized spacial score (nSPS) is 14.6. The lowest BCUT2D eigenvalue weighted by atomic mass is 10.0. The molecule has 0 bridgehead atoms. The number of aliphatic carboxylic acids is 1. The average molecular weight is 235 g/mol. The molecule has 0 radical (unpaired) electrons. The van der Waals surface area contributed by atoms with Crippen molar-refractivity contribution in [2.75, 3.05) is 7.05 Å². The Kier molecular flexibility index (Phi) is 5.16. The van der Waals surface area contributed by atoms with E-state index in [2.05, 4.69) is 13.8 Å². The summed E-state index contributed by atoms with van der Waals surface area (Å²) >= 11 is 0. The summed E-state index contributed by atoms with van der Waals surface area (Å²) in [4.78, 5) is 13.3. The molecule has 3 heteroatoms. The molecule has 0 spiro atoms. The van der Waals surface area contributed by atoms with Crippen LogP contribution in [0.15, 0.2) is 30.3 Å². The van der Waals surface area contributed by atoms with E-state index < -0.39 is 12.0 Å². The quantitative estimate of drug-likeness (QED) is 0.824. The van der Waals surface area contributed by atoms with Crippen molar-refractivity contribution in [3.8, 4) is 0 Å². The zero-order valence-electron chi connectivity index (χ0n) is 10.8. The number of likely N-dealkylation sites (N-methyl/N-ethyl adjacent to an activating group) is 1. The summed E-state index contributed by atoms with van der Waals surface area (Å²) in [6.07, 6.45) is 2.07. The van der Waals surface area contributed by atoms with Crippen LogP contribution < -0.4 is 0 Å². The third-order valence-corrected chi connectivity index (χ3v) is 3.16. The number of hydrogen-bond acceptors (Lipinski definition) is 2. The molecular weight excluding hydrogens is 214 g/mol. The van der Waals surface area contributed by atoms with Gasteiger partial charge in [-0.2, -0.15) is 0 Å². The fourth-order valence-electron chi connectivity index (χ4n) is 2.06. The molecule has 94 valence electrons. The minimum Gasteiger partial charge on any atom is -0.480 e. The molecule has 0 fully saturated rings. The third kappa shape index (κ3) is 3.56. The maximum atomic E-state index is 11.4. The molecule has 0 aliphatic carbocycles. The third-order valence-electron chi connectivity index (χ3n) is 3.16. The van der Waals surface area contributed by atoms with Gasteiger partial charge in [-0.15, -0.1) is 0 Å². The van der Waals surface area contributed by atoms with Crippen LogP contribution in [0.2, 0.25) is 0 Å². The molecule has 0 heterocycles. The number of carboxylic acids is 1. The van der Waals surface area contributed by atoms with Crippen molar-refractivity contribution in [1.82, 2.24) is 4.90 Å². The van der Waals surface area contributed by atoms with Crippen molar-refractivity contribution in [1.29, 1.82) is 0 Å². The van der Waals surface area contributed by atoms with Crippen molar-refractivity contribution < 1.29 is 9.90 Å². The molecule has 1 rings (SSSR count). The van der Waals surface area contributed by atoms with E-state index in [-0.39, 0.29) is 6.04 Å². The predicted molar refractivity (Wildman–Crippen MR) is 69.0 cm³/mol. The Hall–Kier alpha value is -1.35. The molecule has 2 atom stereocenters. The standard InChI is InChI=1S/C14H21NO2/c1-4-8-11(2)15(3)13(14(16)17)12-9-6-5-7-10-12/h5-7,9-11,13H,4,8H2,1-3H3,(H,16,17). The maximum absolute atomic E-state index is 11.4. The van der Waals surface area contributed by atoms with E-state index >= 15 is 0 Å². The first-order valence-electron chi connectivity index (χ1n) is 6.07. The van der Waals surface area contributed by atoms with Crippen molar-refractivity contribution in [2.24, 2.45) is 0 Å². The van der Waals surface area contributed by atoms with Crippen LogP contribution in [0, 0.1) is 0 Å². The van der Waals surface area contributed by atoms with Gasteiger partial charge in [0.2, 0.25) is 0 Å². The van der Waals surface area contributed by atoms with Crippen LogP contribution >= 0.6 is 0 Å². The minimum atomic E-state index is -0.790. The Bertz CT molecular complexity index is 350. The molecule has 2 unspecified atom stereocenters. The van der Waals surface area contributed by atoms with Gasteiger partial charge in [0, 0.05) is 6.04 Å². The minimum absolute atomic E-state index is 0.265. The smallest absolute Gasteiger partial charge is 0.325 e. The monoisotopic (exact) mass is 235 g/mol. The zero-order chi connectivity index (χ0) is 12.8. The Morgan fingerprint density at radius 3 is 2.41 bits per heavy atom. The van der Waals surface area contributed by atoms with Crippen LogP contribution in [0.3, 0.4) is 0 Å². The Morgan fingerprint density at radius 2 is 1.94 bits per heavy atom. The molecular formula is C14H21NO2. The van der Waals surface area contributed by atoms with Crippen LogP contribution in [0.4, 0.5) is 0 Å². The fourth-order valence-corrected chi connectivity index (χ4v) is 2.06. The summed E-state index contributed by atoms with van der Waals surface area (Å²) in [5, 5.41) is 9.37. The second kappa shape index (κ2) is 6.40. The predicted octanol–water partition coefficient (Wildman–Crippen LogP) is 2.93. The number of carbonyl (C=O) groups is 1. The van der Waals surface area contributed by atoms with Crippen LogP contribution in [0.5, 0.6) is 0 Å². The molecule has 1 aromatic rings.